The first-order valence-corrected chi connectivity index (χ1v) is 15.0. The van der Waals surface area contributed by atoms with E-state index in [1.807, 2.05) is 0 Å². The fourth-order valence-electron chi connectivity index (χ4n) is 2.20. The van der Waals surface area contributed by atoms with Crippen molar-refractivity contribution in [3.8, 4) is 0 Å². The SMILES string of the molecule is CCOC(=O)c1sc(N(C(=O)OC(C)(C)C)C(=O)OC(C)(C)C)nc1CO[Si](C)(C)C(C)(C)C. The number of imide groups is 1. The number of rotatable bonds is 6. The maximum atomic E-state index is 13.0. The molecule has 34 heavy (non-hydrogen) atoms. The van der Waals surface area contributed by atoms with Crippen LogP contribution in [0.3, 0.4) is 0 Å². The minimum atomic E-state index is -2.17. The van der Waals surface area contributed by atoms with Gasteiger partial charge in [0.25, 0.3) is 0 Å². The van der Waals surface area contributed by atoms with Gasteiger partial charge in [0.1, 0.15) is 16.1 Å². The van der Waals surface area contributed by atoms with Gasteiger partial charge >= 0.3 is 18.2 Å². The summed E-state index contributed by atoms with van der Waals surface area (Å²) in [4.78, 5) is 43.9. The molecule has 0 unspecified atom stereocenters. The zero-order chi connectivity index (χ0) is 26.7. The smallest absolute Gasteiger partial charge is 0.426 e. The summed E-state index contributed by atoms with van der Waals surface area (Å²) in [5.41, 5.74) is -1.44. The van der Waals surface area contributed by atoms with Crippen LogP contribution in [0, 0.1) is 0 Å². The van der Waals surface area contributed by atoms with Crippen LogP contribution in [-0.2, 0) is 25.2 Å². The lowest BCUT2D eigenvalue weighted by atomic mass is 10.2. The molecule has 1 aromatic heterocycles. The number of thiazole rings is 1. The van der Waals surface area contributed by atoms with E-state index in [4.69, 9.17) is 18.6 Å². The molecule has 11 heteroatoms. The largest absolute Gasteiger partial charge is 0.462 e. The zero-order valence-electron chi connectivity index (χ0n) is 22.6. The van der Waals surface area contributed by atoms with Crippen molar-refractivity contribution in [1.82, 2.24) is 4.98 Å². The van der Waals surface area contributed by atoms with E-state index in [9.17, 15) is 14.4 Å². The standard InChI is InChI=1S/C23H40N2O7SSi/c1-13-29-17(26)16-15(14-30-34(11,12)23(8,9)10)24-18(33-16)25(19(27)31-21(2,3)4)20(28)32-22(5,6)7/h13-14H2,1-12H3. The Hall–Kier alpha value is -1.98. The molecule has 1 heterocycles. The van der Waals surface area contributed by atoms with Crippen molar-refractivity contribution >= 4 is 42.9 Å². The van der Waals surface area contributed by atoms with E-state index in [0.717, 1.165) is 11.3 Å². The number of carbonyl (C=O) groups is 3. The number of nitrogens with zero attached hydrogens (tertiary/aromatic N) is 2. The number of esters is 1. The van der Waals surface area contributed by atoms with E-state index in [0.29, 0.717) is 10.6 Å². The van der Waals surface area contributed by atoms with Crippen LogP contribution < -0.4 is 4.90 Å². The number of hydrogen-bond acceptors (Lipinski definition) is 9. The third kappa shape index (κ3) is 8.66. The molecule has 1 aromatic rings. The monoisotopic (exact) mass is 516 g/mol. The summed E-state index contributed by atoms with van der Waals surface area (Å²) in [6.45, 7) is 22.5. The summed E-state index contributed by atoms with van der Waals surface area (Å²) in [7, 11) is -2.17. The quantitative estimate of drug-likeness (QED) is 0.239. The van der Waals surface area contributed by atoms with E-state index < -0.39 is 37.7 Å². The highest BCUT2D eigenvalue weighted by atomic mass is 32.1. The van der Waals surface area contributed by atoms with Crippen LogP contribution >= 0.6 is 11.3 Å². The number of amides is 2. The van der Waals surface area contributed by atoms with Crippen LogP contribution in [0.1, 0.15) is 84.6 Å². The Morgan fingerprint density at radius 3 is 1.76 bits per heavy atom. The predicted octanol–water partition coefficient (Wildman–Crippen LogP) is 6.52. The highest BCUT2D eigenvalue weighted by Gasteiger charge is 2.39. The molecular formula is C23H40N2O7SSi. The molecule has 0 spiro atoms. The molecule has 0 aliphatic rings. The molecule has 0 aromatic carbocycles. The van der Waals surface area contributed by atoms with Gasteiger partial charge in [-0.25, -0.2) is 19.4 Å². The first kappa shape index (κ1) is 30.0. The molecule has 0 N–H and O–H groups in total. The Balaban J connectivity index is 3.50. The van der Waals surface area contributed by atoms with Gasteiger partial charge in [-0.15, -0.1) is 0 Å². The Morgan fingerprint density at radius 2 is 1.38 bits per heavy atom. The Labute approximate surface area is 208 Å². The average Bonchev–Trinajstić information content (AvgIpc) is 3.00. The van der Waals surface area contributed by atoms with Gasteiger partial charge in [0.05, 0.1) is 18.9 Å². The number of carbonyl (C=O) groups excluding carboxylic acids is 3. The van der Waals surface area contributed by atoms with Crippen molar-refractivity contribution in [2.24, 2.45) is 0 Å². The summed E-state index contributed by atoms with van der Waals surface area (Å²) in [5, 5.41) is -0.116. The molecule has 0 fully saturated rings. The molecule has 0 radical (unpaired) electrons. The van der Waals surface area contributed by atoms with Crippen molar-refractivity contribution < 1.29 is 33.0 Å². The predicted molar refractivity (Wildman–Crippen MR) is 135 cm³/mol. The normalized spacial score (nSPS) is 12.8. The number of ether oxygens (including phenoxy) is 3. The molecule has 0 bridgehead atoms. The summed E-state index contributed by atoms with van der Waals surface area (Å²) >= 11 is 0.856. The van der Waals surface area contributed by atoms with Crippen molar-refractivity contribution in [3.63, 3.8) is 0 Å². The van der Waals surface area contributed by atoms with Crippen molar-refractivity contribution in [2.45, 2.75) is 105 Å². The van der Waals surface area contributed by atoms with Crippen LogP contribution in [0.2, 0.25) is 18.1 Å². The van der Waals surface area contributed by atoms with Crippen molar-refractivity contribution in [1.29, 1.82) is 0 Å². The Morgan fingerprint density at radius 1 is 0.912 bits per heavy atom. The molecule has 0 saturated heterocycles. The fourth-order valence-corrected chi connectivity index (χ4v) is 4.07. The number of hydrogen-bond donors (Lipinski definition) is 0. The Kier molecular flexibility index (Phi) is 9.49. The molecule has 0 saturated carbocycles. The third-order valence-electron chi connectivity index (χ3n) is 4.87. The van der Waals surface area contributed by atoms with Gasteiger partial charge in [0.2, 0.25) is 5.13 Å². The van der Waals surface area contributed by atoms with Crippen LogP contribution in [0.4, 0.5) is 14.7 Å². The first-order valence-electron chi connectivity index (χ1n) is 11.3. The maximum absolute atomic E-state index is 13.0. The van der Waals surface area contributed by atoms with Crippen LogP contribution in [-0.4, -0.2) is 49.3 Å². The van der Waals surface area contributed by atoms with Crippen LogP contribution in [0.15, 0.2) is 0 Å². The average molecular weight is 517 g/mol. The molecule has 1 rings (SSSR count). The highest BCUT2D eigenvalue weighted by Crippen LogP contribution is 2.38. The van der Waals surface area contributed by atoms with E-state index in [2.05, 4.69) is 38.8 Å². The van der Waals surface area contributed by atoms with E-state index >= 15 is 0 Å². The van der Waals surface area contributed by atoms with Crippen molar-refractivity contribution in [3.05, 3.63) is 10.6 Å². The molecule has 2 amide bonds. The van der Waals surface area contributed by atoms with E-state index in [1.54, 1.807) is 48.5 Å². The molecule has 0 atom stereocenters. The molecular weight excluding hydrogens is 476 g/mol. The second kappa shape index (κ2) is 10.7. The van der Waals surface area contributed by atoms with E-state index in [-0.39, 0.29) is 28.3 Å². The van der Waals surface area contributed by atoms with Gasteiger partial charge in [0.15, 0.2) is 8.32 Å². The van der Waals surface area contributed by atoms with Gasteiger partial charge < -0.3 is 18.6 Å². The van der Waals surface area contributed by atoms with Gasteiger partial charge in [0, 0.05) is 0 Å². The van der Waals surface area contributed by atoms with Gasteiger partial charge in [-0.2, -0.15) is 4.90 Å². The minimum absolute atomic E-state index is 0.0393. The topological polar surface area (TPSA) is 104 Å². The van der Waals surface area contributed by atoms with Gasteiger partial charge in [-0.1, -0.05) is 32.1 Å². The van der Waals surface area contributed by atoms with E-state index in [1.165, 1.54) is 0 Å². The third-order valence-corrected chi connectivity index (χ3v) is 10.4. The van der Waals surface area contributed by atoms with Gasteiger partial charge in [-0.3, -0.25) is 0 Å². The molecule has 0 aliphatic carbocycles. The van der Waals surface area contributed by atoms with Crippen LogP contribution in [0.25, 0.3) is 0 Å². The number of aromatic nitrogens is 1. The fraction of sp³-hybridized carbons (Fsp3) is 0.739. The first-order chi connectivity index (χ1) is 15.2. The molecule has 0 aliphatic heterocycles. The second-order valence-electron chi connectivity index (χ2n) is 11.3. The second-order valence-corrected chi connectivity index (χ2v) is 17.1. The molecule has 9 nitrogen and oxygen atoms in total. The summed E-state index contributed by atoms with van der Waals surface area (Å²) in [5.74, 6) is -0.603. The zero-order valence-corrected chi connectivity index (χ0v) is 24.4. The lowest BCUT2D eigenvalue weighted by molar-refractivity contribution is 0.0428. The lowest BCUT2D eigenvalue weighted by Crippen LogP contribution is -2.43. The summed E-state index contributed by atoms with van der Waals surface area (Å²) in [6.07, 6.45) is -1.91. The van der Waals surface area contributed by atoms with Gasteiger partial charge in [-0.05, 0) is 66.6 Å². The van der Waals surface area contributed by atoms with Crippen LogP contribution in [0.5, 0.6) is 0 Å². The maximum Gasteiger partial charge on any atom is 0.426 e. The minimum Gasteiger partial charge on any atom is -0.462 e. The lowest BCUT2D eigenvalue weighted by Gasteiger charge is -2.35. The number of anilines is 1. The summed E-state index contributed by atoms with van der Waals surface area (Å²) in [6, 6.07) is 0. The highest BCUT2D eigenvalue weighted by molar-refractivity contribution is 7.18. The Bertz CT molecular complexity index is 865. The molecule has 194 valence electrons. The summed E-state index contributed by atoms with van der Waals surface area (Å²) < 4.78 is 22.3. The van der Waals surface area contributed by atoms with Crippen molar-refractivity contribution in [2.75, 3.05) is 11.5 Å².